The van der Waals surface area contributed by atoms with E-state index in [-0.39, 0.29) is 12.0 Å². The van der Waals surface area contributed by atoms with E-state index >= 15 is 0 Å². The van der Waals surface area contributed by atoms with Crippen LogP contribution in [0.25, 0.3) is 0 Å². The van der Waals surface area contributed by atoms with Gasteiger partial charge in [0.1, 0.15) is 11.6 Å². The number of hydrogen-bond acceptors (Lipinski definition) is 4. The minimum Gasteiger partial charge on any atom is -0.480 e. The molecule has 0 bridgehead atoms. The molecule has 20 heavy (non-hydrogen) atoms. The summed E-state index contributed by atoms with van der Waals surface area (Å²) in [5.41, 5.74) is -1.07. The number of ether oxygens (including phenoxy) is 2. The molecule has 1 saturated carbocycles. The summed E-state index contributed by atoms with van der Waals surface area (Å²) in [5, 5.41) is 11.8. The maximum atomic E-state index is 12.0. The van der Waals surface area contributed by atoms with Crippen molar-refractivity contribution in [1.29, 1.82) is 0 Å². The van der Waals surface area contributed by atoms with E-state index < -0.39 is 17.6 Å². The molecule has 2 N–H and O–H groups in total. The number of nitrogens with one attached hydrogen (secondary N) is 1. The first-order valence-electron chi connectivity index (χ1n) is 7.32. The molecule has 0 aromatic rings. The van der Waals surface area contributed by atoms with Crippen LogP contribution in [-0.2, 0) is 19.1 Å². The van der Waals surface area contributed by atoms with Crippen LogP contribution >= 0.6 is 0 Å². The van der Waals surface area contributed by atoms with Gasteiger partial charge in [0.2, 0.25) is 5.91 Å². The summed E-state index contributed by atoms with van der Waals surface area (Å²) in [7, 11) is 0. The van der Waals surface area contributed by atoms with E-state index in [0.717, 1.165) is 32.3 Å². The molecule has 114 valence electrons. The number of rotatable bonds is 6. The number of hydrogen-bond donors (Lipinski definition) is 2. The molecule has 1 saturated heterocycles. The van der Waals surface area contributed by atoms with Gasteiger partial charge in [0.15, 0.2) is 0 Å². The van der Waals surface area contributed by atoms with E-state index in [4.69, 9.17) is 9.47 Å². The SMILES string of the molecule is CC(OCC1CCCCO1)C(=O)NC1(C(=O)O)CCC1. The summed E-state index contributed by atoms with van der Waals surface area (Å²) in [6.07, 6.45) is 4.36. The summed E-state index contributed by atoms with van der Waals surface area (Å²) in [6, 6.07) is 0. The van der Waals surface area contributed by atoms with Crippen molar-refractivity contribution in [3.63, 3.8) is 0 Å². The second-order valence-electron chi connectivity index (χ2n) is 5.69. The van der Waals surface area contributed by atoms with Crippen molar-refractivity contribution >= 4 is 11.9 Å². The number of carboxylic acids is 1. The van der Waals surface area contributed by atoms with Crippen LogP contribution in [0.2, 0.25) is 0 Å². The minimum atomic E-state index is -1.07. The van der Waals surface area contributed by atoms with Gasteiger partial charge in [-0.05, 0) is 45.4 Å². The Hall–Kier alpha value is -1.14. The zero-order valence-electron chi connectivity index (χ0n) is 11.9. The van der Waals surface area contributed by atoms with Crippen LogP contribution in [0.1, 0.15) is 45.4 Å². The Labute approximate surface area is 118 Å². The highest BCUT2D eigenvalue weighted by molar-refractivity contribution is 5.89. The van der Waals surface area contributed by atoms with Crippen molar-refractivity contribution in [3.05, 3.63) is 0 Å². The summed E-state index contributed by atoms with van der Waals surface area (Å²) >= 11 is 0. The molecule has 2 rings (SSSR count). The third kappa shape index (κ3) is 3.49. The third-order valence-electron chi connectivity index (χ3n) is 4.15. The standard InChI is InChI=1S/C14H23NO5/c1-10(20-9-11-5-2-3-8-19-11)12(16)15-14(13(17)18)6-4-7-14/h10-11H,2-9H2,1H3,(H,15,16)(H,17,18). The smallest absolute Gasteiger partial charge is 0.329 e. The summed E-state index contributed by atoms with van der Waals surface area (Å²) < 4.78 is 11.0. The van der Waals surface area contributed by atoms with E-state index in [1.807, 2.05) is 0 Å². The van der Waals surface area contributed by atoms with Crippen LogP contribution in [0.5, 0.6) is 0 Å². The van der Waals surface area contributed by atoms with E-state index in [1.165, 1.54) is 0 Å². The summed E-state index contributed by atoms with van der Waals surface area (Å²) in [6.45, 7) is 2.78. The highest BCUT2D eigenvalue weighted by Gasteiger charge is 2.46. The first-order valence-corrected chi connectivity index (χ1v) is 7.32. The molecule has 0 radical (unpaired) electrons. The molecule has 2 atom stereocenters. The Balaban J connectivity index is 1.75. The van der Waals surface area contributed by atoms with Gasteiger partial charge < -0.3 is 19.9 Å². The average Bonchev–Trinajstić information content (AvgIpc) is 2.40. The van der Waals surface area contributed by atoms with Crippen LogP contribution < -0.4 is 5.32 Å². The molecule has 2 unspecified atom stereocenters. The van der Waals surface area contributed by atoms with Crippen LogP contribution in [-0.4, -0.2) is 47.9 Å². The van der Waals surface area contributed by atoms with Gasteiger partial charge in [-0.1, -0.05) is 0 Å². The summed E-state index contributed by atoms with van der Waals surface area (Å²) in [4.78, 5) is 23.2. The second-order valence-corrected chi connectivity index (χ2v) is 5.69. The zero-order valence-corrected chi connectivity index (χ0v) is 11.9. The number of carboxylic acid groups (broad SMARTS) is 1. The lowest BCUT2D eigenvalue weighted by Crippen LogP contribution is -2.61. The van der Waals surface area contributed by atoms with E-state index in [9.17, 15) is 14.7 Å². The normalized spacial score (nSPS) is 26.4. The van der Waals surface area contributed by atoms with E-state index in [0.29, 0.717) is 19.4 Å². The van der Waals surface area contributed by atoms with Gasteiger partial charge in [-0.15, -0.1) is 0 Å². The Kier molecular flexibility index (Phi) is 4.99. The molecule has 0 aromatic carbocycles. The number of amides is 1. The topological polar surface area (TPSA) is 84.9 Å². The lowest BCUT2D eigenvalue weighted by Gasteiger charge is -2.38. The molecule has 0 spiro atoms. The fraction of sp³-hybridized carbons (Fsp3) is 0.857. The Morgan fingerprint density at radius 2 is 2.15 bits per heavy atom. The van der Waals surface area contributed by atoms with Gasteiger partial charge in [-0.3, -0.25) is 4.79 Å². The van der Waals surface area contributed by atoms with Crippen LogP contribution in [0.3, 0.4) is 0 Å². The Morgan fingerprint density at radius 1 is 1.40 bits per heavy atom. The van der Waals surface area contributed by atoms with Crippen molar-refractivity contribution in [1.82, 2.24) is 5.32 Å². The molecule has 1 amide bonds. The molecule has 1 heterocycles. The largest absolute Gasteiger partial charge is 0.480 e. The maximum Gasteiger partial charge on any atom is 0.329 e. The molecule has 0 aromatic heterocycles. The van der Waals surface area contributed by atoms with E-state index in [1.54, 1.807) is 6.92 Å². The van der Waals surface area contributed by atoms with Crippen molar-refractivity contribution < 1.29 is 24.2 Å². The van der Waals surface area contributed by atoms with Gasteiger partial charge in [0.05, 0.1) is 12.7 Å². The van der Waals surface area contributed by atoms with Crippen molar-refractivity contribution in [2.45, 2.75) is 63.2 Å². The number of aliphatic carboxylic acids is 1. The van der Waals surface area contributed by atoms with Crippen LogP contribution in [0.4, 0.5) is 0 Å². The fourth-order valence-electron chi connectivity index (χ4n) is 2.53. The van der Waals surface area contributed by atoms with Crippen molar-refractivity contribution in [2.75, 3.05) is 13.2 Å². The third-order valence-corrected chi connectivity index (χ3v) is 4.15. The van der Waals surface area contributed by atoms with Gasteiger partial charge in [-0.2, -0.15) is 0 Å². The Morgan fingerprint density at radius 3 is 2.65 bits per heavy atom. The minimum absolute atomic E-state index is 0.0520. The highest BCUT2D eigenvalue weighted by Crippen LogP contribution is 2.32. The molecule has 6 nitrogen and oxygen atoms in total. The Bertz CT molecular complexity index is 361. The molecular weight excluding hydrogens is 262 g/mol. The monoisotopic (exact) mass is 285 g/mol. The highest BCUT2D eigenvalue weighted by atomic mass is 16.5. The number of carbonyl (C=O) groups is 2. The van der Waals surface area contributed by atoms with Crippen LogP contribution in [0, 0.1) is 0 Å². The van der Waals surface area contributed by atoms with Gasteiger partial charge in [0, 0.05) is 6.61 Å². The first kappa shape index (κ1) is 15.3. The molecule has 6 heteroatoms. The molecule has 2 fully saturated rings. The quantitative estimate of drug-likeness (QED) is 0.763. The van der Waals surface area contributed by atoms with E-state index in [2.05, 4.69) is 5.32 Å². The summed E-state index contributed by atoms with van der Waals surface area (Å²) in [5.74, 6) is -1.32. The molecule has 1 aliphatic carbocycles. The molecule has 1 aliphatic heterocycles. The van der Waals surface area contributed by atoms with Crippen LogP contribution in [0.15, 0.2) is 0 Å². The lowest BCUT2D eigenvalue weighted by atomic mass is 9.76. The first-order chi connectivity index (χ1) is 9.53. The molecule has 2 aliphatic rings. The number of carbonyl (C=O) groups excluding carboxylic acids is 1. The fourth-order valence-corrected chi connectivity index (χ4v) is 2.53. The lowest BCUT2D eigenvalue weighted by molar-refractivity contribution is -0.154. The maximum absolute atomic E-state index is 12.0. The average molecular weight is 285 g/mol. The van der Waals surface area contributed by atoms with Gasteiger partial charge >= 0.3 is 5.97 Å². The van der Waals surface area contributed by atoms with Crippen molar-refractivity contribution in [3.8, 4) is 0 Å². The molecular formula is C14H23NO5. The second kappa shape index (κ2) is 6.54. The predicted molar refractivity (Wildman–Crippen MR) is 71.4 cm³/mol. The van der Waals surface area contributed by atoms with Gasteiger partial charge in [0.25, 0.3) is 0 Å². The predicted octanol–water partition coefficient (Wildman–Crippen LogP) is 1.08. The van der Waals surface area contributed by atoms with Gasteiger partial charge in [-0.25, -0.2) is 4.79 Å². The van der Waals surface area contributed by atoms with Crippen molar-refractivity contribution in [2.24, 2.45) is 0 Å². The zero-order chi connectivity index (χ0) is 14.6.